The summed E-state index contributed by atoms with van der Waals surface area (Å²) in [5.41, 5.74) is 7.89. The van der Waals surface area contributed by atoms with E-state index in [1.54, 1.807) is 12.5 Å². The number of nitrogens with zero attached hydrogens (tertiary/aromatic N) is 1. The number of hydrogen-bond donors (Lipinski definition) is 3. The van der Waals surface area contributed by atoms with Gasteiger partial charge >= 0.3 is 0 Å². The van der Waals surface area contributed by atoms with Crippen molar-refractivity contribution in [3.8, 4) is 0 Å². The van der Waals surface area contributed by atoms with E-state index in [1.807, 2.05) is 30.3 Å². The lowest BCUT2D eigenvalue weighted by atomic mass is 10.1. The van der Waals surface area contributed by atoms with Crippen LogP contribution < -0.4 is 11.1 Å². The number of carbonyl (C=O) groups excluding carboxylic acids is 1. The highest BCUT2D eigenvalue weighted by Gasteiger charge is 2.13. The average Bonchev–Trinajstić information content (AvgIpc) is 2.92. The molecule has 2 rings (SSSR count). The Morgan fingerprint density at radius 3 is 2.84 bits per heavy atom. The summed E-state index contributed by atoms with van der Waals surface area (Å²) in [6.07, 6.45) is 4.53. The first-order valence-corrected chi connectivity index (χ1v) is 6.30. The zero-order valence-electron chi connectivity index (χ0n) is 10.7. The molecule has 1 aromatic carbocycles. The normalized spacial score (nSPS) is 12.1. The summed E-state index contributed by atoms with van der Waals surface area (Å²) < 4.78 is 0. The smallest absolute Gasteiger partial charge is 0.237 e. The predicted molar refractivity (Wildman–Crippen MR) is 73.4 cm³/mol. The molecule has 0 bridgehead atoms. The van der Waals surface area contributed by atoms with Gasteiger partial charge in [-0.15, -0.1) is 0 Å². The van der Waals surface area contributed by atoms with E-state index in [-0.39, 0.29) is 5.91 Å². The van der Waals surface area contributed by atoms with Gasteiger partial charge in [0.05, 0.1) is 12.4 Å². The second-order valence-electron chi connectivity index (χ2n) is 4.41. The van der Waals surface area contributed by atoms with Crippen molar-refractivity contribution in [2.45, 2.75) is 18.9 Å². The van der Waals surface area contributed by atoms with Gasteiger partial charge in [-0.05, 0) is 12.0 Å². The van der Waals surface area contributed by atoms with E-state index < -0.39 is 6.04 Å². The number of aromatic amines is 1. The first kappa shape index (κ1) is 13.3. The molecule has 1 atom stereocenters. The van der Waals surface area contributed by atoms with E-state index in [9.17, 15) is 4.79 Å². The van der Waals surface area contributed by atoms with Crippen LogP contribution >= 0.6 is 0 Å². The summed E-state index contributed by atoms with van der Waals surface area (Å²) in [5, 5.41) is 2.85. The molecule has 0 radical (unpaired) electrons. The highest BCUT2D eigenvalue weighted by atomic mass is 16.2. The molecule has 0 aliphatic rings. The molecule has 19 heavy (non-hydrogen) atoms. The summed E-state index contributed by atoms with van der Waals surface area (Å²) in [7, 11) is 0. The molecule has 1 amide bonds. The van der Waals surface area contributed by atoms with Gasteiger partial charge in [0.1, 0.15) is 0 Å². The highest BCUT2D eigenvalue weighted by molar-refractivity contribution is 5.81. The molecule has 5 nitrogen and oxygen atoms in total. The molecule has 1 aromatic heterocycles. The number of nitrogens with two attached hydrogens (primary N) is 1. The van der Waals surface area contributed by atoms with E-state index in [1.165, 1.54) is 5.56 Å². The molecule has 0 unspecified atom stereocenters. The molecular weight excluding hydrogens is 240 g/mol. The quantitative estimate of drug-likeness (QED) is 0.711. The number of rotatable bonds is 6. The van der Waals surface area contributed by atoms with Gasteiger partial charge < -0.3 is 16.0 Å². The number of hydrogen-bond acceptors (Lipinski definition) is 3. The Bertz CT molecular complexity index is 495. The Balaban J connectivity index is 1.72. The summed E-state index contributed by atoms with van der Waals surface area (Å²) in [6, 6.07) is 9.48. The zero-order valence-corrected chi connectivity index (χ0v) is 10.7. The zero-order chi connectivity index (χ0) is 13.5. The third-order valence-corrected chi connectivity index (χ3v) is 2.89. The second-order valence-corrected chi connectivity index (χ2v) is 4.41. The molecular formula is C14H18N4O. The second kappa shape index (κ2) is 6.70. The molecule has 1 heterocycles. The fraction of sp³-hybridized carbons (Fsp3) is 0.286. The Morgan fingerprint density at radius 2 is 2.16 bits per heavy atom. The number of carbonyl (C=O) groups is 1. The standard InChI is InChI=1S/C14H18N4O/c15-13(8-12-9-16-10-18-12)14(19)17-7-6-11-4-2-1-3-5-11/h1-5,9-10,13H,6-8,15H2,(H,16,18)(H,17,19)/t13-/m0/s1. The van der Waals surface area contributed by atoms with Crippen LogP contribution in [0.25, 0.3) is 0 Å². The number of amides is 1. The Kier molecular flexibility index (Phi) is 4.69. The minimum absolute atomic E-state index is 0.134. The van der Waals surface area contributed by atoms with Crippen molar-refractivity contribution in [1.29, 1.82) is 0 Å². The highest BCUT2D eigenvalue weighted by Crippen LogP contribution is 1.99. The van der Waals surface area contributed by atoms with E-state index in [0.29, 0.717) is 13.0 Å². The Hall–Kier alpha value is -2.14. The number of nitrogens with one attached hydrogen (secondary N) is 2. The van der Waals surface area contributed by atoms with Crippen molar-refractivity contribution < 1.29 is 4.79 Å². The fourth-order valence-corrected chi connectivity index (χ4v) is 1.83. The van der Waals surface area contributed by atoms with Crippen LogP contribution in [-0.2, 0) is 17.6 Å². The molecule has 0 aliphatic heterocycles. The van der Waals surface area contributed by atoms with Crippen molar-refractivity contribution in [2.24, 2.45) is 5.73 Å². The van der Waals surface area contributed by atoms with Crippen LogP contribution in [0.5, 0.6) is 0 Å². The van der Waals surface area contributed by atoms with Crippen LogP contribution in [0.1, 0.15) is 11.3 Å². The van der Waals surface area contributed by atoms with Crippen LogP contribution in [-0.4, -0.2) is 28.5 Å². The summed E-state index contributed by atoms with van der Waals surface area (Å²) in [5.74, 6) is -0.134. The monoisotopic (exact) mass is 258 g/mol. The third kappa shape index (κ3) is 4.22. The van der Waals surface area contributed by atoms with Crippen LogP contribution in [0.3, 0.4) is 0 Å². The Labute approximate surface area is 112 Å². The molecule has 0 spiro atoms. The van der Waals surface area contributed by atoms with Gasteiger partial charge in [0.15, 0.2) is 0 Å². The van der Waals surface area contributed by atoms with Crippen LogP contribution in [0.2, 0.25) is 0 Å². The largest absolute Gasteiger partial charge is 0.354 e. The lowest BCUT2D eigenvalue weighted by Crippen LogP contribution is -2.42. The van der Waals surface area contributed by atoms with Gasteiger partial charge in [0, 0.05) is 24.9 Å². The SMILES string of the molecule is N[C@@H](Cc1cnc[nH]1)C(=O)NCCc1ccccc1. The van der Waals surface area contributed by atoms with Crippen molar-refractivity contribution in [2.75, 3.05) is 6.54 Å². The predicted octanol–water partition coefficient (Wildman–Crippen LogP) is 0.638. The van der Waals surface area contributed by atoms with Crippen molar-refractivity contribution in [3.63, 3.8) is 0 Å². The van der Waals surface area contributed by atoms with Crippen LogP contribution in [0.4, 0.5) is 0 Å². The number of imidazole rings is 1. The molecule has 0 saturated carbocycles. The average molecular weight is 258 g/mol. The summed E-state index contributed by atoms with van der Waals surface area (Å²) in [6.45, 7) is 0.597. The molecule has 0 aliphatic carbocycles. The van der Waals surface area contributed by atoms with E-state index in [2.05, 4.69) is 15.3 Å². The molecule has 4 N–H and O–H groups in total. The molecule has 2 aromatic rings. The third-order valence-electron chi connectivity index (χ3n) is 2.89. The van der Waals surface area contributed by atoms with Gasteiger partial charge in [-0.3, -0.25) is 4.79 Å². The number of H-pyrrole nitrogens is 1. The minimum Gasteiger partial charge on any atom is -0.354 e. The van der Waals surface area contributed by atoms with Crippen molar-refractivity contribution in [3.05, 3.63) is 54.1 Å². The summed E-state index contributed by atoms with van der Waals surface area (Å²) in [4.78, 5) is 18.6. The van der Waals surface area contributed by atoms with Gasteiger partial charge in [-0.2, -0.15) is 0 Å². The molecule has 100 valence electrons. The summed E-state index contributed by atoms with van der Waals surface area (Å²) >= 11 is 0. The maximum Gasteiger partial charge on any atom is 0.237 e. The first-order chi connectivity index (χ1) is 9.25. The van der Waals surface area contributed by atoms with Gasteiger partial charge in [-0.1, -0.05) is 30.3 Å². The maximum atomic E-state index is 11.8. The lowest BCUT2D eigenvalue weighted by Gasteiger charge is -2.11. The number of benzene rings is 1. The van der Waals surface area contributed by atoms with E-state index in [4.69, 9.17) is 5.73 Å². The van der Waals surface area contributed by atoms with Gasteiger partial charge in [0.25, 0.3) is 0 Å². The van der Waals surface area contributed by atoms with Crippen LogP contribution in [0.15, 0.2) is 42.9 Å². The number of aromatic nitrogens is 2. The molecule has 5 heteroatoms. The van der Waals surface area contributed by atoms with Gasteiger partial charge in [0.2, 0.25) is 5.91 Å². The van der Waals surface area contributed by atoms with Gasteiger partial charge in [-0.25, -0.2) is 4.98 Å². The first-order valence-electron chi connectivity index (χ1n) is 6.30. The van der Waals surface area contributed by atoms with Crippen molar-refractivity contribution >= 4 is 5.91 Å². The lowest BCUT2D eigenvalue weighted by molar-refractivity contribution is -0.122. The van der Waals surface area contributed by atoms with Crippen LogP contribution in [0, 0.1) is 0 Å². The van der Waals surface area contributed by atoms with Crippen molar-refractivity contribution in [1.82, 2.24) is 15.3 Å². The molecule has 0 saturated heterocycles. The minimum atomic E-state index is -0.545. The topological polar surface area (TPSA) is 83.8 Å². The van der Waals surface area contributed by atoms with E-state index in [0.717, 1.165) is 12.1 Å². The Morgan fingerprint density at radius 1 is 1.37 bits per heavy atom. The molecule has 0 fully saturated rings. The van der Waals surface area contributed by atoms with E-state index >= 15 is 0 Å². The fourth-order valence-electron chi connectivity index (χ4n) is 1.83. The maximum absolute atomic E-state index is 11.8.